The standard InChI is InChI=1S/C13H12F6N2/c1-2-5-21(8-12(14,15)16)10-3-4-11(13(17,18)19)9(6-10)7-20/h3-4,6H,2,5,8H2,1H3. The number of rotatable bonds is 4. The molecule has 2 nitrogen and oxygen atoms in total. The minimum Gasteiger partial charge on any atom is -0.363 e. The molecule has 1 rings (SSSR count). The van der Waals surface area contributed by atoms with E-state index < -0.39 is 30.0 Å². The van der Waals surface area contributed by atoms with Gasteiger partial charge in [0.2, 0.25) is 0 Å². The third kappa shape index (κ3) is 4.85. The van der Waals surface area contributed by atoms with Crippen molar-refractivity contribution in [2.45, 2.75) is 25.7 Å². The number of halogens is 6. The maximum Gasteiger partial charge on any atom is 0.417 e. The summed E-state index contributed by atoms with van der Waals surface area (Å²) >= 11 is 0. The van der Waals surface area contributed by atoms with Crippen LogP contribution in [0, 0.1) is 11.3 Å². The van der Waals surface area contributed by atoms with Crippen LogP contribution in [0.4, 0.5) is 32.0 Å². The predicted molar refractivity (Wildman–Crippen MR) is 64.7 cm³/mol. The third-order valence-corrected chi connectivity index (χ3v) is 2.66. The summed E-state index contributed by atoms with van der Waals surface area (Å²) in [6, 6.07) is 3.79. The topological polar surface area (TPSA) is 27.0 Å². The van der Waals surface area contributed by atoms with Gasteiger partial charge in [-0.15, -0.1) is 0 Å². The van der Waals surface area contributed by atoms with Crippen LogP contribution in [0.15, 0.2) is 18.2 Å². The Balaban J connectivity index is 3.20. The summed E-state index contributed by atoms with van der Waals surface area (Å²) in [7, 11) is 0. The van der Waals surface area contributed by atoms with Crippen molar-refractivity contribution in [3.05, 3.63) is 29.3 Å². The second-order valence-corrected chi connectivity index (χ2v) is 4.38. The van der Waals surface area contributed by atoms with E-state index in [0.29, 0.717) is 12.5 Å². The van der Waals surface area contributed by atoms with Crippen molar-refractivity contribution >= 4 is 5.69 Å². The Labute approximate surface area is 117 Å². The molecule has 21 heavy (non-hydrogen) atoms. The number of nitriles is 1. The maximum atomic E-state index is 12.6. The Morgan fingerprint density at radius 3 is 2.19 bits per heavy atom. The fourth-order valence-electron chi connectivity index (χ4n) is 1.85. The Morgan fingerprint density at radius 2 is 1.76 bits per heavy atom. The van der Waals surface area contributed by atoms with Gasteiger partial charge in [-0.1, -0.05) is 6.92 Å². The lowest BCUT2D eigenvalue weighted by molar-refractivity contribution is -0.137. The summed E-state index contributed by atoms with van der Waals surface area (Å²) in [6.45, 7) is 0.394. The lowest BCUT2D eigenvalue weighted by Gasteiger charge is -2.26. The molecule has 0 unspecified atom stereocenters. The van der Waals surface area contributed by atoms with Crippen molar-refractivity contribution < 1.29 is 26.3 Å². The normalized spacial score (nSPS) is 12.1. The van der Waals surface area contributed by atoms with E-state index in [4.69, 9.17) is 5.26 Å². The number of benzene rings is 1. The summed E-state index contributed by atoms with van der Waals surface area (Å²) in [5.41, 5.74) is -1.90. The van der Waals surface area contributed by atoms with Crippen molar-refractivity contribution in [1.82, 2.24) is 0 Å². The highest BCUT2D eigenvalue weighted by molar-refractivity contribution is 5.55. The highest BCUT2D eigenvalue weighted by Gasteiger charge is 2.35. The van der Waals surface area contributed by atoms with Crippen LogP contribution in [-0.2, 0) is 6.18 Å². The Hall–Kier alpha value is -1.91. The van der Waals surface area contributed by atoms with E-state index in [1.165, 1.54) is 6.07 Å². The van der Waals surface area contributed by atoms with Crippen LogP contribution in [0.2, 0.25) is 0 Å². The molecular weight excluding hydrogens is 298 g/mol. The highest BCUT2D eigenvalue weighted by atomic mass is 19.4. The van der Waals surface area contributed by atoms with Crippen molar-refractivity contribution in [2.75, 3.05) is 18.0 Å². The van der Waals surface area contributed by atoms with Crippen molar-refractivity contribution in [2.24, 2.45) is 0 Å². The SMILES string of the molecule is CCCN(CC(F)(F)F)c1ccc(C(F)(F)F)c(C#N)c1. The molecule has 0 fully saturated rings. The van der Waals surface area contributed by atoms with Crippen LogP contribution < -0.4 is 4.90 Å². The molecule has 0 heterocycles. The van der Waals surface area contributed by atoms with Gasteiger partial charge in [0.25, 0.3) is 0 Å². The lowest BCUT2D eigenvalue weighted by atomic mass is 10.1. The second kappa shape index (κ2) is 6.24. The maximum absolute atomic E-state index is 12.6. The zero-order chi connectivity index (χ0) is 16.3. The van der Waals surface area contributed by atoms with Gasteiger partial charge in [0.15, 0.2) is 0 Å². The summed E-state index contributed by atoms with van der Waals surface area (Å²) in [5, 5.41) is 8.76. The van der Waals surface area contributed by atoms with Crippen LogP contribution in [0.25, 0.3) is 0 Å². The van der Waals surface area contributed by atoms with Gasteiger partial charge in [0.05, 0.1) is 17.2 Å². The summed E-state index contributed by atoms with van der Waals surface area (Å²) < 4.78 is 75.4. The number of alkyl halides is 6. The molecule has 0 radical (unpaired) electrons. The number of hydrogen-bond acceptors (Lipinski definition) is 2. The van der Waals surface area contributed by atoms with E-state index in [2.05, 4.69) is 0 Å². The molecule has 0 amide bonds. The minimum atomic E-state index is -4.72. The van der Waals surface area contributed by atoms with Crippen LogP contribution in [-0.4, -0.2) is 19.3 Å². The van der Waals surface area contributed by atoms with E-state index in [0.717, 1.165) is 17.0 Å². The average molecular weight is 310 g/mol. The van der Waals surface area contributed by atoms with Gasteiger partial charge in [-0.05, 0) is 24.6 Å². The molecule has 1 aromatic rings. The summed E-state index contributed by atoms with van der Waals surface area (Å²) in [6.07, 6.45) is -8.81. The Bertz CT molecular complexity index is 527. The van der Waals surface area contributed by atoms with Gasteiger partial charge in [0.1, 0.15) is 6.54 Å². The summed E-state index contributed by atoms with van der Waals surface area (Å²) in [5.74, 6) is 0. The number of nitrogens with zero attached hydrogens (tertiary/aromatic N) is 2. The van der Waals surface area contributed by atoms with Gasteiger partial charge in [0, 0.05) is 12.2 Å². The third-order valence-electron chi connectivity index (χ3n) is 2.66. The summed E-state index contributed by atoms with van der Waals surface area (Å²) in [4.78, 5) is 0.904. The van der Waals surface area contributed by atoms with Gasteiger partial charge in [-0.2, -0.15) is 31.6 Å². The quantitative estimate of drug-likeness (QED) is 0.773. The van der Waals surface area contributed by atoms with E-state index in [1.807, 2.05) is 0 Å². The van der Waals surface area contributed by atoms with E-state index in [1.54, 1.807) is 6.92 Å². The molecule has 0 N–H and O–H groups in total. The zero-order valence-electron chi connectivity index (χ0n) is 11.0. The van der Waals surface area contributed by atoms with Gasteiger partial charge < -0.3 is 4.90 Å². The molecule has 0 bridgehead atoms. The highest BCUT2D eigenvalue weighted by Crippen LogP contribution is 2.34. The van der Waals surface area contributed by atoms with Crippen LogP contribution in [0.1, 0.15) is 24.5 Å². The van der Waals surface area contributed by atoms with Crippen LogP contribution >= 0.6 is 0 Å². The molecule has 8 heteroatoms. The molecule has 116 valence electrons. The van der Waals surface area contributed by atoms with Crippen molar-refractivity contribution in [3.63, 3.8) is 0 Å². The molecule has 0 spiro atoms. The number of hydrogen-bond donors (Lipinski definition) is 0. The lowest BCUT2D eigenvalue weighted by Crippen LogP contribution is -2.35. The smallest absolute Gasteiger partial charge is 0.363 e. The van der Waals surface area contributed by atoms with Crippen molar-refractivity contribution in [3.8, 4) is 6.07 Å². The first-order chi connectivity index (χ1) is 9.58. The minimum absolute atomic E-state index is 0.0236. The molecule has 0 saturated carbocycles. The van der Waals surface area contributed by atoms with Gasteiger partial charge in [-0.25, -0.2) is 0 Å². The Kier molecular flexibility index (Phi) is 5.10. The second-order valence-electron chi connectivity index (χ2n) is 4.38. The van der Waals surface area contributed by atoms with E-state index in [9.17, 15) is 26.3 Å². The van der Waals surface area contributed by atoms with Gasteiger partial charge >= 0.3 is 12.4 Å². The fraction of sp³-hybridized carbons (Fsp3) is 0.462. The molecule has 0 atom stereocenters. The largest absolute Gasteiger partial charge is 0.417 e. The number of anilines is 1. The van der Waals surface area contributed by atoms with E-state index >= 15 is 0 Å². The first kappa shape index (κ1) is 17.1. The molecular formula is C13H12F6N2. The van der Waals surface area contributed by atoms with Crippen LogP contribution in [0.5, 0.6) is 0 Å². The van der Waals surface area contributed by atoms with Crippen molar-refractivity contribution in [1.29, 1.82) is 5.26 Å². The monoisotopic (exact) mass is 310 g/mol. The Morgan fingerprint density at radius 1 is 1.14 bits per heavy atom. The molecule has 0 saturated heterocycles. The average Bonchev–Trinajstić information content (AvgIpc) is 2.35. The van der Waals surface area contributed by atoms with Gasteiger partial charge in [-0.3, -0.25) is 0 Å². The molecule has 0 aromatic heterocycles. The predicted octanol–water partition coefficient (Wildman–Crippen LogP) is 4.36. The fourth-order valence-corrected chi connectivity index (χ4v) is 1.85. The van der Waals surface area contributed by atoms with Crippen LogP contribution in [0.3, 0.4) is 0 Å². The first-order valence-corrected chi connectivity index (χ1v) is 6.01. The molecule has 1 aromatic carbocycles. The molecule has 0 aliphatic rings. The molecule has 0 aliphatic carbocycles. The first-order valence-electron chi connectivity index (χ1n) is 6.01. The zero-order valence-corrected chi connectivity index (χ0v) is 11.0. The van der Waals surface area contributed by atoms with E-state index in [-0.39, 0.29) is 12.2 Å². The molecule has 0 aliphatic heterocycles.